The van der Waals surface area contributed by atoms with Gasteiger partial charge in [0.1, 0.15) is 0 Å². The molecule has 2 atom stereocenters. The van der Waals surface area contributed by atoms with Crippen molar-refractivity contribution < 1.29 is 8.42 Å². The van der Waals surface area contributed by atoms with Gasteiger partial charge in [0.05, 0.1) is 5.75 Å². The van der Waals surface area contributed by atoms with Gasteiger partial charge < -0.3 is 0 Å². The second-order valence-corrected chi connectivity index (χ2v) is 6.17. The van der Waals surface area contributed by atoms with Crippen LogP contribution in [-0.2, 0) is 10.0 Å². The van der Waals surface area contributed by atoms with Crippen LogP contribution in [0.1, 0.15) is 31.2 Å². The molecule has 2 rings (SSSR count). The SMILES string of the molecule is CCCS(=O)(=O)NC1CC1c1ccccc1. The van der Waals surface area contributed by atoms with Crippen molar-refractivity contribution in [2.75, 3.05) is 5.75 Å². The molecular formula is C12H17NO2S. The molecule has 0 amide bonds. The van der Waals surface area contributed by atoms with Crippen LogP contribution < -0.4 is 4.72 Å². The lowest BCUT2D eigenvalue weighted by molar-refractivity contribution is 0.578. The van der Waals surface area contributed by atoms with Crippen molar-refractivity contribution in [1.29, 1.82) is 0 Å². The van der Waals surface area contributed by atoms with E-state index in [1.807, 2.05) is 25.1 Å². The van der Waals surface area contributed by atoms with Crippen molar-refractivity contribution in [2.24, 2.45) is 0 Å². The largest absolute Gasteiger partial charge is 0.212 e. The van der Waals surface area contributed by atoms with Crippen LogP contribution in [0.4, 0.5) is 0 Å². The van der Waals surface area contributed by atoms with Crippen LogP contribution in [0.5, 0.6) is 0 Å². The van der Waals surface area contributed by atoms with E-state index < -0.39 is 10.0 Å². The molecular weight excluding hydrogens is 222 g/mol. The van der Waals surface area contributed by atoms with E-state index in [9.17, 15) is 8.42 Å². The van der Waals surface area contributed by atoms with Crippen molar-refractivity contribution in [2.45, 2.75) is 31.7 Å². The van der Waals surface area contributed by atoms with Crippen molar-refractivity contribution in [3.05, 3.63) is 35.9 Å². The number of hydrogen-bond donors (Lipinski definition) is 1. The zero-order valence-corrected chi connectivity index (χ0v) is 10.2. The summed E-state index contributed by atoms with van der Waals surface area (Å²) in [5.74, 6) is 0.596. The maximum atomic E-state index is 11.5. The smallest absolute Gasteiger partial charge is 0.211 e. The van der Waals surface area contributed by atoms with E-state index in [1.165, 1.54) is 5.56 Å². The maximum Gasteiger partial charge on any atom is 0.211 e. The fraction of sp³-hybridized carbons (Fsp3) is 0.500. The molecule has 0 radical (unpaired) electrons. The average Bonchev–Trinajstić information content (AvgIpc) is 2.97. The minimum Gasteiger partial charge on any atom is -0.212 e. The number of nitrogens with one attached hydrogen (secondary N) is 1. The predicted molar refractivity (Wildman–Crippen MR) is 64.8 cm³/mol. The topological polar surface area (TPSA) is 46.2 Å². The second-order valence-electron chi connectivity index (χ2n) is 4.30. The normalized spacial score (nSPS) is 24.3. The van der Waals surface area contributed by atoms with Gasteiger partial charge in [0.15, 0.2) is 0 Å². The van der Waals surface area contributed by atoms with Gasteiger partial charge in [0.25, 0.3) is 0 Å². The van der Waals surface area contributed by atoms with Crippen LogP contribution in [0.25, 0.3) is 0 Å². The van der Waals surface area contributed by atoms with Crippen LogP contribution >= 0.6 is 0 Å². The third-order valence-corrected chi connectivity index (χ3v) is 4.43. The summed E-state index contributed by atoms with van der Waals surface area (Å²) in [6.07, 6.45) is 1.59. The summed E-state index contributed by atoms with van der Waals surface area (Å²) < 4.78 is 25.8. The molecule has 1 aliphatic carbocycles. The molecule has 1 N–H and O–H groups in total. The predicted octanol–water partition coefficient (Wildman–Crippen LogP) is 1.87. The summed E-state index contributed by atoms with van der Waals surface area (Å²) >= 11 is 0. The van der Waals surface area contributed by atoms with Crippen molar-refractivity contribution in [3.63, 3.8) is 0 Å². The molecule has 1 aromatic carbocycles. The maximum absolute atomic E-state index is 11.5. The summed E-state index contributed by atoms with van der Waals surface area (Å²) in [5, 5.41) is 0. The first-order valence-corrected chi connectivity index (χ1v) is 7.32. The van der Waals surface area contributed by atoms with Gasteiger partial charge in [0, 0.05) is 12.0 Å². The number of hydrogen-bond acceptors (Lipinski definition) is 2. The van der Waals surface area contributed by atoms with Crippen LogP contribution in [0.15, 0.2) is 30.3 Å². The Morgan fingerprint density at radius 1 is 1.31 bits per heavy atom. The lowest BCUT2D eigenvalue weighted by Gasteiger charge is -2.04. The molecule has 16 heavy (non-hydrogen) atoms. The van der Waals surface area contributed by atoms with Crippen LogP contribution in [-0.4, -0.2) is 20.2 Å². The molecule has 2 unspecified atom stereocenters. The third-order valence-electron chi connectivity index (χ3n) is 2.82. The monoisotopic (exact) mass is 239 g/mol. The fourth-order valence-corrected chi connectivity index (χ4v) is 3.33. The lowest BCUT2D eigenvalue weighted by Crippen LogP contribution is -2.28. The van der Waals surface area contributed by atoms with Gasteiger partial charge in [-0.15, -0.1) is 0 Å². The quantitative estimate of drug-likeness (QED) is 0.852. The molecule has 88 valence electrons. The Hall–Kier alpha value is -0.870. The second kappa shape index (κ2) is 4.55. The van der Waals surface area contributed by atoms with Gasteiger partial charge in [-0.2, -0.15) is 0 Å². The molecule has 4 heteroatoms. The summed E-state index contributed by atoms with van der Waals surface area (Å²) in [6.45, 7) is 1.88. The Labute approximate surface area is 96.9 Å². The van der Waals surface area contributed by atoms with E-state index in [-0.39, 0.29) is 11.8 Å². The molecule has 3 nitrogen and oxygen atoms in total. The van der Waals surface area contributed by atoms with Gasteiger partial charge >= 0.3 is 0 Å². The van der Waals surface area contributed by atoms with Crippen LogP contribution in [0, 0.1) is 0 Å². The minimum absolute atomic E-state index is 0.110. The summed E-state index contributed by atoms with van der Waals surface area (Å²) in [5.41, 5.74) is 1.23. The third kappa shape index (κ3) is 2.83. The minimum atomic E-state index is -3.06. The van der Waals surface area contributed by atoms with E-state index in [0.717, 1.165) is 6.42 Å². The average molecular weight is 239 g/mol. The molecule has 1 fully saturated rings. The van der Waals surface area contributed by atoms with Gasteiger partial charge in [-0.1, -0.05) is 37.3 Å². The Bertz CT molecular complexity index is 441. The standard InChI is InChI=1S/C12H17NO2S/c1-2-8-16(14,15)13-12-9-11(12)10-6-4-3-5-7-10/h3-7,11-13H,2,8-9H2,1H3. The Morgan fingerprint density at radius 3 is 2.62 bits per heavy atom. The van der Waals surface area contributed by atoms with E-state index in [1.54, 1.807) is 0 Å². The van der Waals surface area contributed by atoms with Gasteiger partial charge in [-0.25, -0.2) is 13.1 Å². The molecule has 1 aliphatic rings. The zero-order valence-electron chi connectivity index (χ0n) is 9.39. The van der Waals surface area contributed by atoms with Gasteiger partial charge in [-0.05, 0) is 18.4 Å². The molecule has 0 spiro atoms. The highest BCUT2D eigenvalue weighted by Gasteiger charge is 2.40. The summed E-state index contributed by atoms with van der Waals surface area (Å²) in [7, 11) is -3.06. The first kappa shape index (κ1) is 11.6. The number of rotatable bonds is 5. The van der Waals surface area contributed by atoms with E-state index in [0.29, 0.717) is 12.3 Å². The van der Waals surface area contributed by atoms with Gasteiger partial charge in [0.2, 0.25) is 10.0 Å². The van der Waals surface area contributed by atoms with Crippen LogP contribution in [0.2, 0.25) is 0 Å². The fourth-order valence-electron chi connectivity index (χ4n) is 1.95. The molecule has 0 aliphatic heterocycles. The summed E-state index contributed by atoms with van der Waals surface area (Å²) in [4.78, 5) is 0. The van der Waals surface area contributed by atoms with Crippen LogP contribution in [0.3, 0.4) is 0 Å². The highest BCUT2D eigenvalue weighted by Crippen LogP contribution is 2.40. The highest BCUT2D eigenvalue weighted by atomic mass is 32.2. The molecule has 1 saturated carbocycles. The van der Waals surface area contributed by atoms with E-state index >= 15 is 0 Å². The molecule has 0 bridgehead atoms. The Balaban J connectivity index is 1.93. The summed E-state index contributed by atoms with van der Waals surface area (Å²) in [6, 6.07) is 10.2. The van der Waals surface area contributed by atoms with Crippen molar-refractivity contribution in [3.8, 4) is 0 Å². The molecule has 0 aromatic heterocycles. The van der Waals surface area contributed by atoms with Gasteiger partial charge in [-0.3, -0.25) is 0 Å². The Morgan fingerprint density at radius 2 is 2.00 bits per heavy atom. The number of benzene rings is 1. The van der Waals surface area contributed by atoms with Crippen molar-refractivity contribution in [1.82, 2.24) is 4.72 Å². The first-order chi connectivity index (χ1) is 7.62. The molecule has 0 saturated heterocycles. The molecule has 0 heterocycles. The number of sulfonamides is 1. The highest BCUT2D eigenvalue weighted by molar-refractivity contribution is 7.89. The van der Waals surface area contributed by atoms with E-state index in [4.69, 9.17) is 0 Å². The van der Waals surface area contributed by atoms with Crippen molar-refractivity contribution >= 4 is 10.0 Å². The molecule has 1 aromatic rings. The van der Waals surface area contributed by atoms with E-state index in [2.05, 4.69) is 16.9 Å². The first-order valence-electron chi connectivity index (χ1n) is 5.67. The Kier molecular flexibility index (Phi) is 3.30. The lowest BCUT2D eigenvalue weighted by atomic mass is 10.1. The zero-order chi connectivity index (χ0) is 11.6.